The van der Waals surface area contributed by atoms with Crippen LogP contribution in [0.1, 0.15) is 13.8 Å². The maximum absolute atomic E-state index is 10.4. The zero-order chi connectivity index (χ0) is 8.20. The molecule has 5 heteroatoms. The number of aliphatic imine (C=N–C) groups is 1. The van der Waals surface area contributed by atoms with Gasteiger partial charge in [-0.15, -0.1) is 0 Å². The molecule has 0 N–H and O–H groups in total. The van der Waals surface area contributed by atoms with E-state index in [-0.39, 0.29) is 5.90 Å². The largest absolute Gasteiger partial charge is 0.367 e. The first-order valence-corrected chi connectivity index (χ1v) is 4.68. The van der Waals surface area contributed by atoms with Crippen LogP contribution in [0.3, 0.4) is 0 Å². The van der Waals surface area contributed by atoms with Crippen molar-refractivity contribution in [2.75, 3.05) is 12.8 Å². The first kappa shape index (κ1) is 9.42. The molecule has 0 saturated heterocycles. The van der Waals surface area contributed by atoms with Gasteiger partial charge in [-0.25, -0.2) is 0 Å². The van der Waals surface area contributed by atoms with Gasteiger partial charge >= 0.3 is 10.1 Å². The van der Waals surface area contributed by atoms with Crippen LogP contribution in [0.15, 0.2) is 4.99 Å². The van der Waals surface area contributed by atoms with E-state index in [2.05, 4.69) is 9.18 Å². The predicted molar refractivity (Wildman–Crippen MR) is 39.6 cm³/mol. The zero-order valence-corrected chi connectivity index (χ0v) is 7.10. The van der Waals surface area contributed by atoms with E-state index in [4.69, 9.17) is 0 Å². The summed E-state index contributed by atoms with van der Waals surface area (Å²) in [6, 6.07) is 0. The van der Waals surface area contributed by atoms with E-state index in [1.807, 2.05) is 0 Å². The van der Waals surface area contributed by atoms with Gasteiger partial charge in [-0.2, -0.15) is 8.42 Å². The summed E-state index contributed by atoms with van der Waals surface area (Å²) in [5, 5.41) is 0. The highest BCUT2D eigenvalue weighted by molar-refractivity contribution is 7.86. The highest BCUT2D eigenvalue weighted by Gasteiger charge is 2.01. The Hall–Kier alpha value is -0.580. The Kier molecular flexibility index (Phi) is 3.35. The molecule has 0 unspecified atom stereocenters. The molecule has 60 valence electrons. The van der Waals surface area contributed by atoms with Crippen molar-refractivity contribution in [2.24, 2.45) is 4.99 Å². The van der Waals surface area contributed by atoms with Gasteiger partial charge in [0.1, 0.15) is 0 Å². The first-order chi connectivity index (χ1) is 4.45. The van der Waals surface area contributed by atoms with E-state index in [0.29, 0.717) is 6.54 Å². The van der Waals surface area contributed by atoms with Gasteiger partial charge in [0.05, 0.1) is 6.26 Å². The molecule has 0 saturated carbocycles. The number of hydrogen-bond acceptors (Lipinski definition) is 4. The molecule has 0 fully saturated rings. The van der Waals surface area contributed by atoms with E-state index in [1.165, 1.54) is 6.92 Å². The van der Waals surface area contributed by atoms with Crippen LogP contribution >= 0.6 is 0 Å². The minimum Gasteiger partial charge on any atom is -0.367 e. The molecule has 0 aliphatic heterocycles. The fourth-order valence-corrected chi connectivity index (χ4v) is 0.959. The van der Waals surface area contributed by atoms with Gasteiger partial charge in [0.25, 0.3) is 0 Å². The zero-order valence-electron chi connectivity index (χ0n) is 6.29. The van der Waals surface area contributed by atoms with Crippen LogP contribution < -0.4 is 0 Å². The Labute approximate surface area is 61.0 Å². The van der Waals surface area contributed by atoms with Crippen LogP contribution in [-0.4, -0.2) is 27.1 Å². The molecule has 0 heterocycles. The minimum atomic E-state index is -3.38. The van der Waals surface area contributed by atoms with Crippen molar-refractivity contribution in [1.29, 1.82) is 0 Å². The molecular weight excluding hydrogens is 154 g/mol. The molecule has 0 atom stereocenters. The lowest BCUT2D eigenvalue weighted by Gasteiger charge is -1.98. The summed E-state index contributed by atoms with van der Waals surface area (Å²) in [5.41, 5.74) is 0. The number of hydrogen-bond donors (Lipinski definition) is 0. The summed E-state index contributed by atoms with van der Waals surface area (Å²) in [6.07, 6.45) is 0.988. The third kappa shape index (κ3) is 5.55. The molecule has 0 spiro atoms. The van der Waals surface area contributed by atoms with Gasteiger partial charge in [-0.05, 0) is 6.92 Å². The molecule has 4 nitrogen and oxygen atoms in total. The molecule has 10 heavy (non-hydrogen) atoms. The van der Waals surface area contributed by atoms with Crippen LogP contribution in [0.5, 0.6) is 0 Å². The molecule has 0 radical (unpaired) electrons. The third-order valence-electron chi connectivity index (χ3n) is 0.653. The van der Waals surface area contributed by atoms with Crippen molar-refractivity contribution < 1.29 is 12.6 Å². The molecule has 0 rings (SSSR count). The third-order valence-corrected chi connectivity index (χ3v) is 1.20. The van der Waals surface area contributed by atoms with Crippen LogP contribution in [0.4, 0.5) is 0 Å². The van der Waals surface area contributed by atoms with Gasteiger partial charge in [0.2, 0.25) is 5.90 Å². The number of rotatable bonds is 2. The van der Waals surface area contributed by atoms with Crippen molar-refractivity contribution in [3.63, 3.8) is 0 Å². The van der Waals surface area contributed by atoms with Crippen molar-refractivity contribution in [2.45, 2.75) is 13.8 Å². The first-order valence-electron chi connectivity index (χ1n) is 2.86. The Morgan fingerprint density at radius 1 is 1.60 bits per heavy atom. The standard InChI is InChI=1S/C5H11NO3S/c1-4-6-5(2)9-10(3,7)8/h4H2,1-3H3. The molecule has 0 aliphatic carbocycles. The summed E-state index contributed by atoms with van der Waals surface area (Å²) < 4.78 is 25.2. The highest BCUT2D eigenvalue weighted by Crippen LogP contribution is 1.89. The fraction of sp³-hybridized carbons (Fsp3) is 0.800. The second kappa shape index (κ2) is 3.55. The lowest BCUT2D eigenvalue weighted by atomic mass is 10.7. The Morgan fingerprint density at radius 2 is 2.10 bits per heavy atom. The minimum absolute atomic E-state index is 0.185. The summed E-state index contributed by atoms with van der Waals surface area (Å²) in [4.78, 5) is 3.73. The van der Waals surface area contributed by atoms with Crippen LogP contribution in [0, 0.1) is 0 Å². The van der Waals surface area contributed by atoms with Crippen LogP contribution in [0.25, 0.3) is 0 Å². The lowest BCUT2D eigenvalue weighted by Crippen LogP contribution is -2.08. The smallest absolute Gasteiger partial charge is 0.307 e. The highest BCUT2D eigenvalue weighted by atomic mass is 32.2. The van der Waals surface area contributed by atoms with Gasteiger partial charge in [0, 0.05) is 13.5 Å². The van der Waals surface area contributed by atoms with Crippen molar-refractivity contribution in [3.8, 4) is 0 Å². The maximum atomic E-state index is 10.4. The Morgan fingerprint density at radius 3 is 2.40 bits per heavy atom. The van der Waals surface area contributed by atoms with Crippen molar-refractivity contribution in [3.05, 3.63) is 0 Å². The van der Waals surface area contributed by atoms with E-state index < -0.39 is 10.1 Å². The van der Waals surface area contributed by atoms with E-state index >= 15 is 0 Å². The van der Waals surface area contributed by atoms with Gasteiger partial charge < -0.3 is 4.18 Å². The van der Waals surface area contributed by atoms with Crippen LogP contribution in [0.2, 0.25) is 0 Å². The fourth-order valence-electron chi connectivity index (χ4n) is 0.468. The van der Waals surface area contributed by atoms with E-state index in [1.54, 1.807) is 6.92 Å². The second-order valence-corrected chi connectivity index (χ2v) is 3.36. The predicted octanol–water partition coefficient (Wildman–Crippen LogP) is 0.401. The summed E-state index contributed by atoms with van der Waals surface area (Å²) >= 11 is 0. The molecule has 0 amide bonds. The summed E-state index contributed by atoms with van der Waals surface area (Å²) in [5.74, 6) is 0.185. The quantitative estimate of drug-likeness (QED) is 0.338. The van der Waals surface area contributed by atoms with Gasteiger partial charge in [-0.1, -0.05) is 0 Å². The molecule has 0 aromatic rings. The molecule has 0 aromatic carbocycles. The monoisotopic (exact) mass is 165 g/mol. The van der Waals surface area contributed by atoms with E-state index in [9.17, 15) is 8.42 Å². The normalized spacial score (nSPS) is 13.3. The summed E-state index contributed by atoms with van der Waals surface area (Å²) in [6.45, 7) is 3.83. The lowest BCUT2D eigenvalue weighted by molar-refractivity contribution is 0.486. The van der Waals surface area contributed by atoms with E-state index in [0.717, 1.165) is 6.26 Å². The maximum Gasteiger partial charge on any atom is 0.307 e. The molecule has 0 aliphatic rings. The SMILES string of the molecule is CCN=C(C)OS(C)(=O)=O. The van der Waals surface area contributed by atoms with Crippen molar-refractivity contribution in [1.82, 2.24) is 0 Å². The number of nitrogens with zero attached hydrogens (tertiary/aromatic N) is 1. The second-order valence-electron chi connectivity index (χ2n) is 1.78. The topological polar surface area (TPSA) is 55.7 Å². The van der Waals surface area contributed by atoms with Gasteiger partial charge in [0.15, 0.2) is 0 Å². The Bertz CT molecular complexity index is 217. The van der Waals surface area contributed by atoms with Crippen LogP contribution in [-0.2, 0) is 14.3 Å². The van der Waals surface area contributed by atoms with Crippen molar-refractivity contribution >= 4 is 16.0 Å². The molecule has 0 aromatic heterocycles. The average Bonchev–Trinajstić information content (AvgIpc) is 1.59. The molecular formula is C5H11NO3S. The molecule has 0 bridgehead atoms. The van der Waals surface area contributed by atoms with Gasteiger partial charge in [-0.3, -0.25) is 4.99 Å². The average molecular weight is 165 g/mol. The Balaban J connectivity index is 4.05. The summed E-state index contributed by atoms with van der Waals surface area (Å²) in [7, 11) is -3.38.